The van der Waals surface area contributed by atoms with Crippen LogP contribution in [0, 0.1) is 11.6 Å². The van der Waals surface area contributed by atoms with Crippen LogP contribution in [-0.2, 0) is 0 Å². The summed E-state index contributed by atoms with van der Waals surface area (Å²) in [5, 5.41) is 2.94. The highest BCUT2D eigenvalue weighted by Crippen LogP contribution is 2.31. The molecule has 2 nitrogen and oxygen atoms in total. The molecule has 0 bridgehead atoms. The standard InChI is InChI=1S/C12H10ClF2NO/c1-16-11(7-5-6-17-12(7)13)10-8(14)3-2-4-9(10)15/h2-6,11,16H,1H3. The molecule has 0 aliphatic rings. The Morgan fingerprint density at radius 3 is 2.35 bits per heavy atom. The van der Waals surface area contributed by atoms with Gasteiger partial charge < -0.3 is 9.73 Å². The largest absolute Gasteiger partial charge is 0.453 e. The lowest BCUT2D eigenvalue weighted by Crippen LogP contribution is -2.20. The van der Waals surface area contributed by atoms with Gasteiger partial charge in [-0.3, -0.25) is 0 Å². The smallest absolute Gasteiger partial charge is 0.198 e. The average molecular weight is 258 g/mol. The molecule has 0 fully saturated rings. The number of hydrogen-bond acceptors (Lipinski definition) is 2. The zero-order valence-electron chi connectivity index (χ0n) is 9.01. The van der Waals surface area contributed by atoms with Crippen molar-refractivity contribution in [1.82, 2.24) is 5.32 Å². The second-order valence-corrected chi connectivity index (χ2v) is 3.85. The molecule has 0 aliphatic heterocycles. The summed E-state index contributed by atoms with van der Waals surface area (Å²) in [6, 6.07) is 4.63. The van der Waals surface area contributed by atoms with Gasteiger partial charge in [0.25, 0.3) is 0 Å². The summed E-state index contributed by atoms with van der Waals surface area (Å²) in [7, 11) is 1.60. The van der Waals surface area contributed by atoms with Gasteiger partial charge >= 0.3 is 0 Å². The Labute approximate surface area is 102 Å². The van der Waals surface area contributed by atoms with Crippen molar-refractivity contribution in [2.75, 3.05) is 7.05 Å². The fraction of sp³-hybridized carbons (Fsp3) is 0.167. The van der Waals surface area contributed by atoms with Crippen molar-refractivity contribution in [2.45, 2.75) is 6.04 Å². The number of furan rings is 1. The summed E-state index contributed by atoms with van der Waals surface area (Å²) in [6.07, 6.45) is 1.38. The molecule has 1 aromatic heterocycles. The lowest BCUT2D eigenvalue weighted by Gasteiger charge is -2.16. The normalized spacial score (nSPS) is 12.7. The third kappa shape index (κ3) is 2.18. The number of halogens is 3. The van der Waals surface area contributed by atoms with Crippen LogP contribution >= 0.6 is 11.6 Å². The lowest BCUT2D eigenvalue weighted by molar-refractivity contribution is 0.516. The zero-order valence-corrected chi connectivity index (χ0v) is 9.76. The quantitative estimate of drug-likeness (QED) is 0.910. The molecular weight excluding hydrogens is 248 g/mol. The lowest BCUT2D eigenvalue weighted by atomic mass is 10.0. The highest BCUT2D eigenvalue weighted by Gasteiger charge is 2.23. The van der Waals surface area contributed by atoms with E-state index in [0.29, 0.717) is 5.56 Å². The first-order chi connectivity index (χ1) is 8.15. The van der Waals surface area contributed by atoms with Gasteiger partial charge in [-0.05, 0) is 36.8 Å². The minimum Gasteiger partial charge on any atom is -0.453 e. The van der Waals surface area contributed by atoms with E-state index in [4.69, 9.17) is 16.0 Å². The van der Waals surface area contributed by atoms with Crippen LogP contribution in [0.3, 0.4) is 0 Å². The number of nitrogens with one attached hydrogen (secondary N) is 1. The highest BCUT2D eigenvalue weighted by molar-refractivity contribution is 6.29. The van der Waals surface area contributed by atoms with Gasteiger partial charge in [-0.1, -0.05) is 6.07 Å². The van der Waals surface area contributed by atoms with Crippen LogP contribution in [0.15, 0.2) is 34.9 Å². The summed E-state index contributed by atoms with van der Waals surface area (Å²) in [5.41, 5.74) is 0.427. The van der Waals surface area contributed by atoms with E-state index in [-0.39, 0.29) is 10.8 Å². The summed E-state index contributed by atoms with van der Waals surface area (Å²) >= 11 is 5.82. The van der Waals surface area contributed by atoms with Crippen LogP contribution in [0.5, 0.6) is 0 Å². The molecule has 1 unspecified atom stereocenters. The number of benzene rings is 1. The van der Waals surface area contributed by atoms with E-state index in [0.717, 1.165) is 0 Å². The minimum absolute atomic E-state index is 0.0710. The van der Waals surface area contributed by atoms with Gasteiger partial charge in [0.2, 0.25) is 0 Å². The monoisotopic (exact) mass is 257 g/mol. The molecule has 2 aromatic rings. The SMILES string of the molecule is CNC(c1ccoc1Cl)c1c(F)cccc1F. The van der Waals surface area contributed by atoms with Gasteiger partial charge in [0, 0.05) is 11.1 Å². The Morgan fingerprint density at radius 2 is 1.88 bits per heavy atom. The Hall–Kier alpha value is -1.39. The van der Waals surface area contributed by atoms with E-state index in [1.165, 1.54) is 24.5 Å². The summed E-state index contributed by atoms with van der Waals surface area (Å²) in [6.45, 7) is 0. The van der Waals surface area contributed by atoms with Crippen LogP contribution in [0.4, 0.5) is 8.78 Å². The van der Waals surface area contributed by atoms with Crippen LogP contribution < -0.4 is 5.32 Å². The Morgan fingerprint density at radius 1 is 1.24 bits per heavy atom. The Balaban J connectivity index is 2.53. The van der Waals surface area contributed by atoms with Gasteiger partial charge in [0.15, 0.2) is 5.22 Å². The van der Waals surface area contributed by atoms with E-state index < -0.39 is 17.7 Å². The van der Waals surface area contributed by atoms with E-state index in [1.54, 1.807) is 13.1 Å². The summed E-state index contributed by atoms with van der Waals surface area (Å²) < 4.78 is 32.2. The fourth-order valence-corrected chi connectivity index (χ4v) is 1.98. The van der Waals surface area contributed by atoms with Gasteiger partial charge in [-0.15, -0.1) is 0 Å². The van der Waals surface area contributed by atoms with E-state index >= 15 is 0 Å². The van der Waals surface area contributed by atoms with Crippen molar-refractivity contribution >= 4 is 11.6 Å². The van der Waals surface area contributed by atoms with Gasteiger partial charge in [-0.2, -0.15) is 0 Å². The van der Waals surface area contributed by atoms with Crippen LogP contribution in [0.25, 0.3) is 0 Å². The predicted molar refractivity (Wildman–Crippen MR) is 61.0 cm³/mol. The molecule has 0 saturated carbocycles. The third-order valence-electron chi connectivity index (χ3n) is 2.53. The first-order valence-corrected chi connectivity index (χ1v) is 5.37. The van der Waals surface area contributed by atoms with Crippen molar-refractivity contribution < 1.29 is 13.2 Å². The fourth-order valence-electron chi connectivity index (χ4n) is 1.75. The molecule has 1 aromatic carbocycles. The summed E-state index contributed by atoms with van der Waals surface area (Å²) in [5.74, 6) is -1.25. The van der Waals surface area contributed by atoms with Gasteiger partial charge in [-0.25, -0.2) is 8.78 Å². The molecule has 17 heavy (non-hydrogen) atoms. The molecular formula is C12H10ClF2NO. The van der Waals surface area contributed by atoms with Crippen molar-refractivity contribution in [2.24, 2.45) is 0 Å². The molecule has 1 N–H and O–H groups in total. The van der Waals surface area contributed by atoms with Crippen molar-refractivity contribution in [3.05, 3.63) is 58.5 Å². The highest BCUT2D eigenvalue weighted by atomic mass is 35.5. The van der Waals surface area contributed by atoms with E-state index in [9.17, 15) is 8.78 Å². The van der Waals surface area contributed by atoms with Gasteiger partial charge in [0.05, 0.1) is 12.3 Å². The number of hydrogen-bond donors (Lipinski definition) is 1. The average Bonchev–Trinajstić information content (AvgIpc) is 2.70. The van der Waals surface area contributed by atoms with Gasteiger partial charge in [0.1, 0.15) is 11.6 Å². The molecule has 0 saturated heterocycles. The van der Waals surface area contributed by atoms with Crippen LogP contribution in [0.2, 0.25) is 5.22 Å². The zero-order chi connectivity index (χ0) is 12.4. The Bertz CT molecular complexity index is 507. The molecule has 1 atom stereocenters. The molecule has 5 heteroatoms. The second kappa shape index (κ2) is 4.85. The second-order valence-electron chi connectivity index (χ2n) is 3.51. The first kappa shape index (κ1) is 12.1. The maximum absolute atomic E-state index is 13.7. The first-order valence-electron chi connectivity index (χ1n) is 4.99. The molecule has 2 rings (SSSR count). The molecule has 0 spiro atoms. The maximum atomic E-state index is 13.7. The van der Waals surface area contributed by atoms with E-state index in [1.807, 2.05) is 0 Å². The topological polar surface area (TPSA) is 25.2 Å². The third-order valence-corrected chi connectivity index (χ3v) is 2.84. The molecule has 90 valence electrons. The van der Waals surface area contributed by atoms with Crippen molar-refractivity contribution in [1.29, 1.82) is 0 Å². The van der Waals surface area contributed by atoms with Crippen LogP contribution in [0.1, 0.15) is 17.2 Å². The molecule has 1 heterocycles. The van der Waals surface area contributed by atoms with E-state index in [2.05, 4.69) is 5.32 Å². The number of rotatable bonds is 3. The molecule has 0 radical (unpaired) electrons. The summed E-state index contributed by atoms with van der Waals surface area (Å²) in [4.78, 5) is 0. The Kier molecular flexibility index (Phi) is 3.45. The molecule has 0 amide bonds. The van der Waals surface area contributed by atoms with Crippen molar-refractivity contribution in [3.63, 3.8) is 0 Å². The maximum Gasteiger partial charge on any atom is 0.198 e. The predicted octanol–water partition coefficient (Wildman–Crippen LogP) is 3.52. The minimum atomic E-state index is -0.678. The van der Waals surface area contributed by atoms with Crippen LogP contribution in [-0.4, -0.2) is 7.05 Å². The molecule has 0 aliphatic carbocycles. The van der Waals surface area contributed by atoms with Crippen molar-refractivity contribution in [3.8, 4) is 0 Å².